The maximum absolute atomic E-state index is 12.0. The largest absolute Gasteiger partial charge is 0.294 e. The highest BCUT2D eigenvalue weighted by molar-refractivity contribution is 7.88. The Kier molecular flexibility index (Phi) is 4.06. The third-order valence-corrected chi connectivity index (χ3v) is 6.61. The minimum absolute atomic E-state index is 0.311. The van der Waals surface area contributed by atoms with E-state index in [2.05, 4.69) is 22.0 Å². The Morgan fingerprint density at radius 2 is 1.96 bits per heavy atom. The number of nitrogens with zero attached hydrogens (tertiary/aromatic N) is 3. The molecule has 0 aliphatic carbocycles. The molecule has 2 aromatic rings. The van der Waals surface area contributed by atoms with E-state index in [4.69, 9.17) is 0 Å². The number of hydrogen-bond donors (Lipinski definition) is 0. The normalized spacial score (nSPS) is 25.9. The van der Waals surface area contributed by atoms with E-state index in [0.29, 0.717) is 25.0 Å². The smallest absolute Gasteiger partial charge is 0.211 e. The molecule has 1 aromatic carbocycles. The van der Waals surface area contributed by atoms with Gasteiger partial charge < -0.3 is 0 Å². The van der Waals surface area contributed by atoms with Crippen molar-refractivity contribution < 1.29 is 8.42 Å². The van der Waals surface area contributed by atoms with Crippen molar-refractivity contribution >= 4 is 20.9 Å². The molecule has 5 nitrogen and oxygen atoms in total. The molecule has 2 atom stereocenters. The molecule has 3 aliphatic heterocycles. The van der Waals surface area contributed by atoms with Gasteiger partial charge in [0.05, 0.1) is 11.8 Å². The molecule has 3 saturated heterocycles. The molecule has 1 aromatic heterocycles. The zero-order chi connectivity index (χ0) is 16.7. The number of sulfonamides is 1. The number of piperidine rings is 1. The number of pyridine rings is 1. The van der Waals surface area contributed by atoms with E-state index in [9.17, 15) is 8.42 Å². The Morgan fingerprint density at radius 1 is 1.12 bits per heavy atom. The Hall–Kier alpha value is -1.50. The monoisotopic (exact) mass is 345 g/mol. The number of fused-ring (bicyclic) bond motifs is 5. The molecule has 0 unspecified atom stereocenters. The van der Waals surface area contributed by atoms with E-state index in [1.807, 2.05) is 24.4 Å². The van der Waals surface area contributed by atoms with Crippen LogP contribution < -0.4 is 0 Å². The van der Waals surface area contributed by atoms with Crippen LogP contribution in [0.4, 0.5) is 0 Å². The zero-order valence-electron chi connectivity index (χ0n) is 13.9. The summed E-state index contributed by atoms with van der Waals surface area (Å²) in [7, 11) is -3.11. The highest BCUT2D eigenvalue weighted by atomic mass is 32.2. The molecule has 3 aliphatic rings. The molecule has 0 amide bonds. The average molecular weight is 345 g/mol. The summed E-state index contributed by atoms with van der Waals surface area (Å²) >= 11 is 0. The molecule has 6 heteroatoms. The standard InChI is InChI=1S/C18H23N3O2S/c1-24(22,23)21-11-14-6-7-16(13-21)20(10-14)12-15-8-9-19-18-5-3-2-4-17(15)18/h2-5,8-9,14,16H,6-7,10-13H2,1H3/t14-,16-/m0/s1. The summed E-state index contributed by atoms with van der Waals surface area (Å²) in [6.45, 7) is 3.14. The fourth-order valence-corrected chi connectivity index (χ4v) is 5.04. The SMILES string of the molecule is CS(=O)(=O)N1C[C@H]2CC[C@@H](C1)N(Cc1ccnc3ccccc13)C2. The van der Waals surface area contributed by atoms with Crippen LogP contribution in [0.2, 0.25) is 0 Å². The van der Waals surface area contributed by atoms with Crippen LogP contribution in [0, 0.1) is 5.92 Å². The molecule has 0 radical (unpaired) electrons. The molecule has 0 N–H and O–H groups in total. The van der Waals surface area contributed by atoms with Crippen LogP contribution in [0.5, 0.6) is 0 Å². The quantitative estimate of drug-likeness (QED) is 0.855. The summed E-state index contributed by atoms with van der Waals surface area (Å²) in [5, 5.41) is 1.19. The summed E-state index contributed by atoms with van der Waals surface area (Å²) < 4.78 is 25.7. The number of aromatic nitrogens is 1. The summed E-state index contributed by atoms with van der Waals surface area (Å²) in [6, 6.07) is 10.6. The van der Waals surface area contributed by atoms with Crippen LogP contribution in [-0.4, -0.2) is 54.5 Å². The first kappa shape index (κ1) is 16.0. The highest BCUT2D eigenvalue weighted by Crippen LogP contribution is 2.31. The Balaban J connectivity index is 1.61. The summed E-state index contributed by atoms with van der Waals surface area (Å²) in [5.74, 6) is 0.437. The molecule has 24 heavy (non-hydrogen) atoms. The lowest BCUT2D eigenvalue weighted by Crippen LogP contribution is -2.43. The highest BCUT2D eigenvalue weighted by Gasteiger charge is 2.37. The van der Waals surface area contributed by atoms with Gasteiger partial charge in [0.2, 0.25) is 10.0 Å². The second-order valence-electron chi connectivity index (χ2n) is 7.09. The lowest BCUT2D eigenvalue weighted by molar-refractivity contribution is 0.126. The predicted octanol–water partition coefficient (Wildman–Crippen LogP) is 2.09. The third kappa shape index (κ3) is 3.06. The molecule has 0 spiro atoms. The second kappa shape index (κ2) is 6.10. The Bertz CT molecular complexity index is 847. The topological polar surface area (TPSA) is 53.5 Å². The zero-order valence-corrected chi connectivity index (χ0v) is 14.7. The van der Waals surface area contributed by atoms with E-state index < -0.39 is 10.0 Å². The van der Waals surface area contributed by atoms with E-state index in [1.54, 1.807) is 4.31 Å². The van der Waals surface area contributed by atoms with Crippen LogP contribution in [0.3, 0.4) is 0 Å². The van der Waals surface area contributed by atoms with Gasteiger partial charge in [-0.3, -0.25) is 9.88 Å². The van der Waals surface area contributed by atoms with Gasteiger partial charge in [0, 0.05) is 43.8 Å². The van der Waals surface area contributed by atoms with E-state index in [0.717, 1.165) is 31.4 Å². The van der Waals surface area contributed by atoms with Gasteiger partial charge in [-0.25, -0.2) is 12.7 Å². The van der Waals surface area contributed by atoms with E-state index in [1.165, 1.54) is 17.2 Å². The number of para-hydroxylation sites is 1. The molecule has 2 bridgehead atoms. The average Bonchev–Trinajstić information content (AvgIpc) is 2.87. The fourth-order valence-electron chi connectivity index (χ4n) is 4.11. The minimum Gasteiger partial charge on any atom is -0.294 e. The van der Waals surface area contributed by atoms with Crippen molar-refractivity contribution in [3.05, 3.63) is 42.1 Å². The maximum atomic E-state index is 12.0. The van der Waals surface area contributed by atoms with Crippen molar-refractivity contribution in [2.75, 3.05) is 25.9 Å². The van der Waals surface area contributed by atoms with Gasteiger partial charge in [0.25, 0.3) is 0 Å². The van der Waals surface area contributed by atoms with E-state index >= 15 is 0 Å². The van der Waals surface area contributed by atoms with Crippen LogP contribution >= 0.6 is 0 Å². The molecule has 0 saturated carbocycles. The van der Waals surface area contributed by atoms with Gasteiger partial charge in [-0.2, -0.15) is 0 Å². The lowest BCUT2D eigenvalue weighted by atomic mass is 9.94. The van der Waals surface area contributed by atoms with Gasteiger partial charge in [-0.15, -0.1) is 0 Å². The molecular formula is C18H23N3O2S. The van der Waals surface area contributed by atoms with Crippen molar-refractivity contribution in [3.8, 4) is 0 Å². The first-order valence-corrected chi connectivity index (χ1v) is 10.4. The fraction of sp³-hybridized carbons (Fsp3) is 0.500. The van der Waals surface area contributed by atoms with Crippen LogP contribution in [-0.2, 0) is 16.6 Å². The molecule has 3 fully saturated rings. The maximum Gasteiger partial charge on any atom is 0.211 e. The number of hydrogen-bond acceptors (Lipinski definition) is 4. The molecule has 4 heterocycles. The van der Waals surface area contributed by atoms with Gasteiger partial charge in [0.15, 0.2) is 0 Å². The van der Waals surface area contributed by atoms with Gasteiger partial charge >= 0.3 is 0 Å². The number of benzene rings is 1. The van der Waals surface area contributed by atoms with Crippen LogP contribution in [0.25, 0.3) is 10.9 Å². The van der Waals surface area contributed by atoms with Crippen molar-refractivity contribution in [1.82, 2.24) is 14.2 Å². The Labute approximate surface area is 143 Å². The van der Waals surface area contributed by atoms with Crippen molar-refractivity contribution in [1.29, 1.82) is 0 Å². The van der Waals surface area contributed by atoms with Crippen molar-refractivity contribution in [2.24, 2.45) is 5.92 Å². The first-order chi connectivity index (χ1) is 11.5. The molecule has 128 valence electrons. The molecule has 5 rings (SSSR count). The van der Waals surface area contributed by atoms with Crippen LogP contribution in [0.15, 0.2) is 36.5 Å². The van der Waals surface area contributed by atoms with E-state index in [-0.39, 0.29) is 0 Å². The van der Waals surface area contributed by atoms with Crippen molar-refractivity contribution in [3.63, 3.8) is 0 Å². The van der Waals surface area contributed by atoms with Crippen LogP contribution in [0.1, 0.15) is 18.4 Å². The van der Waals surface area contributed by atoms with Gasteiger partial charge in [-0.05, 0) is 36.5 Å². The number of rotatable bonds is 3. The van der Waals surface area contributed by atoms with Crippen molar-refractivity contribution in [2.45, 2.75) is 25.4 Å². The Morgan fingerprint density at radius 3 is 2.79 bits per heavy atom. The van der Waals surface area contributed by atoms with Gasteiger partial charge in [0.1, 0.15) is 0 Å². The third-order valence-electron chi connectivity index (χ3n) is 5.38. The summed E-state index contributed by atoms with van der Waals surface area (Å²) in [4.78, 5) is 6.91. The summed E-state index contributed by atoms with van der Waals surface area (Å²) in [5.41, 5.74) is 2.30. The summed E-state index contributed by atoms with van der Waals surface area (Å²) in [6.07, 6.45) is 5.42. The van der Waals surface area contributed by atoms with Gasteiger partial charge in [-0.1, -0.05) is 18.2 Å². The first-order valence-electron chi connectivity index (χ1n) is 8.52. The minimum atomic E-state index is -3.11. The second-order valence-corrected chi connectivity index (χ2v) is 9.08. The molecular weight excluding hydrogens is 322 g/mol. The lowest BCUT2D eigenvalue weighted by Gasteiger charge is -2.36. The predicted molar refractivity (Wildman–Crippen MR) is 95.1 cm³/mol.